The Hall–Kier alpha value is -5.24. The van der Waals surface area contributed by atoms with E-state index in [0.717, 1.165) is 32.3 Å². The smallest absolute Gasteiger partial charge is 0.280 e. The monoisotopic (exact) mass is 648 g/mol. The van der Waals surface area contributed by atoms with Gasteiger partial charge in [-0.15, -0.1) is 0 Å². The highest BCUT2D eigenvalue weighted by Gasteiger charge is 2.44. The molecule has 0 aliphatic heterocycles. The number of hydrazine groups is 1. The first-order chi connectivity index (χ1) is 22.6. The summed E-state index contributed by atoms with van der Waals surface area (Å²) in [5, 5.41) is 2.07. The van der Waals surface area contributed by atoms with Crippen LogP contribution in [0.4, 0.5) is 0 Å². The van der Waals surface area contributed by atoms with Crippen LogP contribution in [0.2, 0.25) is 0 Å². The van der Waals surface area contributed by atoms with Crippen molar-refractivity contribution < 1.29 is 28.7 Å². The molecule has 3 amide bonds. The molecule has 0 aromatic heterocycles. The number of amides is 3. The Kier molecular flexibility index (Phi) is 10.6. The summed E-state index contributed by atoms with van der Waals surface area (Å²) in [6.45, 7) is 14.4. The van der Waals surface area contributed by atoms with Crippen LogP contribution in [0.3, 0.4) is 0 Å². The second-order valence-electron chi connectivity index (χ2n) is 13.0. The summed E-state index contributed by atoms with van der Waals surface area (Å²) in [4.78, 5) is 58.5. The maximum Gasteiger partial charge on any atom is 0.280 e. The van der Waals surface area contributed by atoms with Gasteiger partial charge in [-0.05, 0) is 97.9 Å². The maximum atomic E-state index is 14.9. The highest BCUT2D eigenvalue weighted by Crippen LogP contribution is 2.32. The average molecular weight is 649 g/mol. The number of ether oxygens (including phenoxy) is 2. The van der Waals surface area contributed by atoms with Crippen LogP contribution < -0.4 is 9.47 Å². The molecular weight excluding hydrogens is 604 g/mol. The molecule has 0 saturated carbocycles. The van der Waals surface area contributed by atoms with Crippen molar-refractivity contribution in [1.82, 2.24) is 10.0 Å². The number of ketones is 1. The van der Waals surface area contributed by atoms with Gasteiger partial charge >= 0.3 is 0 Å². The molecule has 0 unspecified atom stereocenters. The summed E-state index contributed by atoms with van der Waals surface area (Å²) in [7, 11) is 3.04. The fraction of sp³-hybridized carbons (Fsp3) is 0.300. The van der Waals surface area contributed by atoms with Gasteiger partial charge in [0.15, 0.2) is 5.78 Å². The normalized spacial score (nSPS) is 11.1. The quantitative estimate of drug-likeness (QED) is 0.104. The summed E-state index contributed by atoms with van der Waals surface area (Å²) in [6.07, 6.45) is -0.210. The summed E-state index contributed by atoms with van der Waals surface area (Å²) >= 11 is 0. The highest BCUT2D eigenvalue weighted by molar-refractivity contribution is 6.13. The molecular formula is C40H44N2O6. The minimum atomic E-state index is -1.39. The number of benzene rings is 4. The number of carbonyl (C=O) groups is 4. The van der Waals surface area contributed by atoms with E-state index in [-0.39, 0.29) is 28.9 Å². The summed E-state index contributed by atoms with van der Waals surface area (Å²) in [5.41, 5.74) is 4.17. The van der Waals surface area contributed by atoms with Gasteiger partial charge in [0.25, 0.3) is 17.7 Å². The summed E-state index contributed by atoms with van der Waals surface area (Å²) < 4.78 is 11.0. The Morgan fingerprint density at radius 3 is 1.46 bits per heavy atom. The van der Waals surface area contributed by atoms with Gasteiger partial charge in [0.2, 0.25) is 0 Å². The molecule has 48 heavy (non-hydrogen) atoms. The van der Waals surface area contributed by atoms with Crippen LogP contribution >= 0.6 is 0 Å². The van der Waals surface area contributed by atoms with Crippen LogP contribution in [-0.4, -0.2) is 53.3 Å². The van der Waals surface area contributed by atoms with Crippen LogP contribution in [0.25, 0.3) is 0 Å². The summed E-state index contributed by atoms with van der Waals surface area (Å²) in [6, 6.07) is 20.8. The Morgan fingerprint density at radius 2 is 1.00 bits per heavy atom. The van der Waals surface area contributed by atoms with Gasteiger partial charge in [-0.25, -0.2) is 5.01 Å². The molecule has 8 heteroatoms. The Labute approximate surface area is 283 Å². The number of carbonyl (C=O) groups excluding carboxylic acids is 4. The van der Waals surface area contributed by atoms with E-state index in [2.05, 4.69) is 0 Å². The molecule has 0 N–H and O–H groups in total. The minimum absolute atomic E-state index is 0.177. The molecule has 0 aliphatic carbocycles. The van der Waals surface area contributed by atoms with Crippen LogP contribution in [0.1, 0.15) is 95.1 Å². The molecule has 4 aromatic carbocycles. The molecule has 4 rings (SSSR count). The number of aryl methyl sites for hydroxylation is 4. The number of Topliss-reactive ketones (excluding diaryl/α,β-unsaturated/α-hetero) is 1. The third kappa shape index (κ3) is 7.33. The fourth-order valence-corrected chi connectivity index (χ4v) is 6.23. The van der Waals surface area contributed by atoms with E-state index in [9.17, 15) is 19.2 Å². The number of imide groups is 1. The van der Waals surface area contributed by atoms with Crippen LogP contribution in [0.15, 0.2) is 72.8 Å². The molecule has 0 fully saturated rings. The van der Waals surface area contributed by atoms with E-state index >= 15 is 0 Å². The van der Waals surface area contributed by atoms with Crippen LogP contribution in [0.5, 0.6) is 11.5 Å². The van der Waals surface area contributed by atoms with Gasteiger partial charge in [0.05, 0.1) is 19.8 Å². The number of nitrogens with zero attached hydrogens (tertiary/aromatic N) is 2. The number of hydrogen-bond donors (Lipinski definition) is 0. The molecule has 0 heterocycles. The van der Waals surface area contributed by atoms with Crippen LogP contribution in [-0.2, 0) is 0 Å². The van der Waals surface area contributed by atoms with Gasteiger partial charge in [0, 0.05) is 39.8 Å². The fourth-order valence-electron chi connectivity index (χ4n) is 6.23. The maximum absolute atomic E-state index is 14.9. The minimum Gasteiger partial charge on any atom is -0.496 e. The van der Waals surface area contributed by atoms with Gasteiger partial charge in [-0.1, -0.05) is 52.6 Å². The number of hydrogen-bond acceptors (Lipinski definition) is 6. The third-order valence-corrected chi connectivity index (χ3v) is 8.42. The van der Waals surface area contributed by atoms with E-state index in [1.807, 2.05) is 39.8 Å². The van der Waals surface area contributed by atoms with Crippen molar-refractivity contribution >= 4 is 23.5 Å². The van der Waals surface area contributed by atoms with Crippen molar-refractivity contribution in [2.45, 2.75) is 67.3 Å². The lowest BCUT2D eigenvalue weighted by molar-refractivity contribution is -0.0369. The second-order valence-corrected chi connectivity index (χ2v) is 13.0. The van der Waals surface area contributed by atoms with E-state index in [1.165, 1.54) is 14.2 Å². The van der Waals surface area contributed by atoms with E-state index in [4.69, 9.17) is 9.47 Å². The molecule has 250 valence electrons. The largest absolute Gasteiger partial charge is 0.496 e. The van der Waals surface area contributed by atoms with Crippen molar-refractivity contribution in [1.29, 1.82) is 0 Å². The predicted octanol–water partition coefficient (Wildman–Crippen LogP) is 7.95. The van der Waals surface area contributed by atoms with E-state index in [0.29, 0.717) is 28.2 Å². The lowest BCUT2D eigenvalue weighted by Gasteiger charge is -2.44. The Morgan fingerprint density at radius 1 is 0.583 bits per heavy atom. The van der Waals surface area contributed by atoms with Crippen molar-refractivity contribution in [3.05, 3.63) is 128 Å². The molecule has 4 aromatic rings. The van der Waals surface area contributed by atoms with Crippen molar-refractivity contribution in [2.24, 2.45) is 0 Å². The molecule has 0 spiro atoms. The van der Waals surface area contributed by atoms with Gasteiger partial charge in [0.1, 0.15) is 11.5 Å². The van der Waals surface area contributed by atoms with Crippen molar-refractivity contribution in [3.8, 4) is 11.5 Å². The zero-order valence-electron chi connectivity index (χ0n) is 29.5. The molecule has 0 atom stereocenters. The third-order valence-electron chi connectivity index (χ3n) is 8.42. The molecule has 0 aliphatic rings. The molecule has 0 bridgehead atoms. The van der Waals surface area contributed by atoms with Crippen molar-refractivity contribution in [3.63, 3.8) is 0 Å². The molecule has 0 radical (unpaired) electrons. The van der Waals surface area contributed by atoms with Crippen LogP contribution in [0, 0.1) is 41.5 Å². The second kappa shape index (κ2) is 14.3. The zero-order valence-corrected chi connectivity index (χ0v) is 29.5. The number of rotatable bonds is 9. The highest BCUT2D eigenvalue weighted by atomic mass is 16.5. The van der Waals surface area contributed by atoms with Crippen molar-refractivity contribution in [2.75, 3.05) is 14.2 Å². The van der Waals surface area contributed by atoms with Gasteiger partial charge < -0.3 is 9.47 Å². The average Bonchev–Trinajstić information content (AvgIpc) is 3.01. The predicted molar refractivity (Wildman–Crippen MR) is 187 cm³/mol. The van der Waals surface area contributed by atoms with Gasteiger partial charge in [-0.2, -0.15) is 5.01 Å². The zero-order chi connectivity index (χ0) is 35.5. The van der Waals surface area contributed by atoms with Gasteiger partial charge in [-0.3, -0.25) is 19.2 Å². The first-order valence-electron chi connectivity index (χ1n) is 15.8. The molecule has 8 nitrogen and oxygen atoms in total. The Balaban J connectivity index is 1.99. The lowest BCUT2D eigenvalue weighted by atomic mass is 9.90. The van der Waals surface area contributed by atoms with E-state index < -0.39 is 23.3 Å². The first kappa shape index (κ1) is 35.6. The number of methoxy groups -OCH3 is 2. The molecule has 0 saturated heterocycles. The SMILES string of the molecule is COc1cccc(C(=O)CC(C)(C)N(C(=O)c2cc(C)cc(C)c2)N(C(=O)c2cc(C)cc(C)c2)C(=O)c2cccc(OC)c2C)c1C. The Bertz CT molecular complexity index is 1870. The standard InChI is InChI=1S/C40H44N2O6/c1-24-17-25(2)20-30(19-24)37(44)41(39(46)33-14-12-16-36(48-10)29(33)6)42(38(45)31-21-26(3)18-27(4)22-31)40(7,8)23-34(43)32-13-11-15-35(47-9)28(32)5/h11-22H,23H2,1-10H3. The lowest BCUT2D eigenvalue weighted by Crippen LogP contribution is -2.61. The topological polar surface area (TPSA) is 93.2 Å². The summed E-state index contributed by atoms with van der Waals surface area (Å²) in [5.74, 6) is -1.31. The first-order valence-corrected chi connectivity index (χ1v) is 15.8. The van der Waals surface area contributed by atoms with E-state index in [1.54, 1.807) is 88.4 Å².